The van der Waals surface area contributed by atoms with Crippen LogP contribution in [-0.4, -0.2) is 41.5 Å². The summed E-state index contributed by atoms with van der Waals surface area (Å²) < 4.78 is 0.890. The number of carbonyl (C=O) groups is 2. The van der Waals surface area contributed by atoms with Gasteiger partial charge in [-0.1, -0.05) is 28.1 Å². The minimum absolute atomic E-state index is 0.0327. The molecule has 1 fully saturated rings. The zero-order valence-corrected chi connectivity index (χ0v) is 12.8. The second-order valence-corrected chi connectivity index (χ2v) is 5.70. The first-order valence-corrected chi connectivity index (χ1v) is 7.32. The molecular weight excluding hydrogens is 324 g/mol. The molecular formula is C14H17BrN2O3. The zero-order chi connectivity index (χ0) is 14.7. The fraction of sp³-hybridized carbons (Fsp3) is 0.429. The maximum Gasteiger partial charge on any atom is 0.256 e. The Morgan fingerprint density at radius 1 is 1.40 bits per heavy atom. The number of nitrogens with zero attached hydrogens (tertiary/aromatic N) is 1. The van der Waals surface area contributed by atoms with Crippen molar-refractivity contribution in [3.63, 3.8) is 0 Å². The Kier molecular flexibility index (Phi) is 4.77. The third kappa shape index (κ3) is 3.19. The van der Waals surface area contributed by atoms with Crippen molar-refractivity contribution >= 4 is 27.7 Å². The van der Waals surface area contributed by atoms with Gasteiger partial charge in [0.15, 0.2) is 6.10 Å². The molecule has 0 unspecified atom stereocenters. The van der Waals surface area contributed by atoms with Gasteiger partial charge in [-0.3, -0.25) is 9.59 Å². The van der Waals surface area contributed by atoms with Crippen molar-refractivity contribution < 1.29 is 14.7 Å². The first-order chi connectivity index (χ1) is 9.52. The molecule has 1 aromatic rings. The van der Waals surface area contributed by atoms with E-state index in [0.29, 0.717) is 25.2 Å². The molecule has 108 valence electrons. The fourth-order valence-corrected chi connectivity index (χ4v) is 2.37. The third-order valence-electron chi connectivity index (χ3n) is 3.33. The van der Waals surface area contributed by atoms with Crippen molar-refractivity contribution in [3.8, 4) is 0 Å². The summed E-state index contributed by atoms with van der Waals surface area (Å²) in [5.74, 6) is -0.543. The molecule has 1 aliphatic heterocycles. The van der Waals surface area contributed by atoms with E-state index in [-0.39, 0.29) is 17.7 Å². The summed E-state index contributed by atoms with van der Waals surface area (Å²) >= 11 is 3.30. The lowest BCUT2D eigenvalue weighted by atomic mass is 9.97. The van der Waals surface area contributed by atoms with Gasteiger partial charge in [0.05, 0.1) is 5.92 Å². The van der Waals surface area contributed by atoms with Crippen LogP contribution in [0.3, 0.4) is 0 Å². The van der Waals surface area contributed by atoms with E-state index in [1.807, 2.05) is 6.92 Å². The minimum atomic E-state index is -1.17. The van der Waals surface area contributed by atoms with Crippen LogP contribution < -0.4 is 5.32 Å². The normalized spacial score (nSPS) is 16.4. The lowest BCUT2D eigenvalue weighted by Crippen LogP contribution is -2.56. The van der Waals surface area contributed by atoms with Gasteiger partial charge in [0, 0.05) is 24.1 Å². The molecule has 0 radical (unpaired) electrons. The highest BCUT2D eigenvalue weighted by Crippen LogP contribution is 2.23. The zero-order valence-electron chi connectivity index (χ0n) is 11.2. The molecule has 0 spiro atoms. The number of carbonyl (C=O) groups excluding carboxylic acids is 2. The molecule has 0 bridgehead atoms. The number of hydrogen-bond acceptors (Lipinski definition) is 3. The SMILES string of the molecule is CCNC(=O)C1CN(C(=O)[C@H](O)c2ccc(Br)cc2)C1. The average Bonchev–Trinajstić information content (AvgIpc) is 2.37. The second kappa shape index (κ2) is 6.37. The molecule has 1 atom stereocenters. The molecule has 0 saturated carbocycles. The van der Waals surface area contributed by atoms with Crippen LogP contribution in [-0.2, 0) is 9.59 Å². The summed E-state index contributed by atoms with van der Waals surface area (Å²) in [4.78, 5) is 25.1. The summed E-state index contributed by atoms with van der Waals surface area (Å²) in [7, 11) is 0. The Bertz CT molecular complexity index is 498. The fourth-order valence-electron chi connectivity index (χ4n) is 2.10. The lowest BCUT2D eigenvalue weighted by Gasteiger charge is -2.39. The molecule has 20 heavy (non-hydrogen) atoms. The molecule has 2 rings (SSSR count). The number of amides is 2. The Morgan fingerprint density at radius 3 is 2.55 bits per heavy atom. The minimum Gasteiger partial charge on any atom is -0.378 e. The van der Waals surface area contributed by atoms with Crippen LogP contribution >= 0.6 is 15.9 Å². The maximum atomic E-state index is 12.1. The smallest absolute Gasteiger partial charge is 0.256 e. The maximum absolute atomic E-state index is 12.1. The van der Waals surface area contributed by atoms with Crippen molar-refractivity contribution in [2.45, 2.75) is 13.0 Å². The van der Waals surface area contributed by atoms with Crippen molar-refractivity contribution in [2.75, 3.05) is 19.6 Å². The van der Waals surface area contributed by atoms with Gasteiger partial charge >= 0.3 is 0 Å². The molecule has 1 aliphatic rings. The Hall–Kier alpha value is -1.40. The average molecular weight is 341 g/mol. The van der Waals surface area contributed by atoms with Crippen molar-refractivity contribution in [2.24, 2.45) is 5.92 Å². The van der Waals surface area contributed by atoms with E-state index in [1.54, 1.807) is 24.3 Å². The van der Waals surface area contributed by atoms with Gasteiger partial charge in [-0.2, -0.15) is 0 Å². The molecule has 2 N–H and O–H groups in total. The van der Waals surface area contributed by atoms with E-state index in [9.17, 15) is 14.7 Å². The van der Waals surface area contributed by atoms with E-state index >= 15 is 0 Å². The molecule has 1 heterocycles. The van der Waals surface area contributed by atoms with Crippen LogP contribution in [0.25, 0.3) is 0 Å². The third-order valence-corrected chi connectivity index (χ3v) is 3.86. The largest absolute Gasteiger partial charge is 0.378 e. The summed E-state index contributed by atoms with van der Waals surface area (Å²) in [6.07, 6.45) is -1.17. The van der Waals surface area contributed by atoms with Gasteiger partial charge < -0.3 is 15.3 Å². The van der Waals surface area contributed by atoms with Crippen molar-refractivity contribution in [3.05, 3.63) is 34.3 Å². The Labute approximate surface area is 126 Å². The topological polar surface area (TPSA) is 69.6 Å². The van der Waals surface area contributed by atoms with E-state index in [2.05, 4.69) is 21.2 Å². The first-order valence-electron chi connectivity index (χ1n) is 6.53. The van der Waals surface area contributed by atoms with Crippen LogP contribution in [0, 0.1) is 5.92 Å². The molecule has 0 aliphatic carbocycles. The number of likely N-dealkylation sites (tertiary alicyclic amines) is 1. The standard InChI is InChI=1S/C14H17BrN2O3/c1-2-16-13(19)10-7-17(8-10)14(20)12(18)9-3-5-11(15)6-4-9/h3-6,10,12,18H,2,7-8H2,1H3,(H,16,19)/t12-/m1/s1. The van der Waals surface area contributed by atoms with E-state index in [4.69, 9.17) is 0 Å². The predicted octanol–water partition coefficient (Wildman–Crippen LogP) is 1.08. The van der Waals surface area contributed by atoms with Crippen LogP contribution in [0.15, 0.2) is 28.7 Å². The Balaban J connectivity index is 1.90. The molecule has 1 saturated heterocycles. The second-order valence-electron chi connectivity index (χ2n) is 4.79. The summed E-state index contributed by atoms with van der Waals surface area (Å²) in [6, 6.07) is 6.96. The van der Waals surface area contributed by atoms with Crippen LogP contribution in [0.1, 0.15) is 18.6 Å². The monoisotopic (exact) mass is 340 g/mol. The molecule has 1 aromatic carbocycles. The van der Waals surface area contributed by atoms with E-state index in [0.717, 1.165) is 4.47 Å². The van der Waals surface area contributed by atoms with Gasteiger partial charge in [-0.25, -0.2) is 0 Å². The van der Waals surface area contributed by atoms with Crippen LogP contribution in [0.5, 0.6) is 0 Å². The van der Waals surface area contributed by atoms with Gasteiger partial charge in [-0.15, -0.1) is 0 Å². The molecule has 6 heteroatoms. The number of aliphatic hydroxyl groups is 1. The summed E-state index contributed by atoms with van der Waals surface area (Å²) in [5, 5.41) is 12.8. The summed E-state index contributed by atoms with van der Waals surface area (Å²) in [5.41, 5.74) is 0.555. The highest BCUT2D eigenvalue weighted by molar-refractivity contribution is 9.10. The number of rotatable bonds is 4. The van der Waals surface area contributed by atoms with Gasteiger partial charge in [-0.05, 0) is 24.6 Å². The molecule has 0 aromatic heterocycles. The number of benzene rings is 1. The molecule has 2 amide bonds. The van der Waals surface area contributed by atoms with Crippen molar-refractivity contribution in [1.82, 2.24) is 10.2 Å². The van der Waals surface area contributed by atoms with Crippen molar-refractivity contribution in [1.29, 1.82) is 0 Å². The number of halogens is 1. The number of hydrogen-bond donors (Lipinski definition) is 2. The van der Waals surface area contributed by atoms with Crippen LogP contribution in [0.2, 0.25) is 0 Å². The van der Waals surface area contributed by atoms with E-state index < -0.39 is 6.10 Å². The van der Waals surface area contributed by atoms with Gasteiger partial charge in [0.1, 0.15) is 0 Å². The number of nitrogens with one attached hydrogen (secondary N) is 1. The first kappa shape index (κ1) is 15.0. The molecule has 5 nitrogen and oxygen atoms in total. The number of aliphatic hydroxyl groups excluding tert-OH is 1. The highest BCUT2D eigenvalue weighted by atomic mass is 79.9. The quantitative estimate of drug-likeness (QED) is 0.861. The predicted molar refractivity (Wildman–Crippen MR) is 77.9 cm³/mol. The Morgan fingerprint density at radius 2 is 2.00 bits per heavy atom. The van der Waals surface area contributed by atoms with E-state index in [1.165, 1.54) is 4.90 Å². The van der Waals surface area contributed by atoms with Crippen LogP contribution in [0.4, 0.5) is 0 Å². The summed E-state index contributed by atoms with van der Waals surface area (Å²) in [6.45, 7) is 3.19. The lowest BCUT2D eigenvalue weighted by molar-refractivity contribution is -0.150. The van der Waals surface area contributed by atoms with Gasteiger partial charge in [0.2, 0.25) is 5.91 Å². The highest BCUT2D eigenvalue weighted by Gasteiger charge is 2.37. The van der Waals surface area contributed by atoms with Gasteiger partial charge in [0.25, 0.3) is 5.91 Å².